The Morgan fingerprint density at radius 3 is 2.53 bits per heavy atom. The third-order valence-electron chi connectivity index (χ3n) is 3.24. The van der Waals surface area contributed by atoms with E-state index in [4.69, 9.17) is 15.0 Å². The molecule has 0 amide bonds. The van der Waals surface area contributed by atoms with Crippen LogP contribution in [0.4, 0.5) is 0 Å². The molecule has 0 aromatic carbocycles. The average Bonchev–Trinajstić information content (AvgIpc) is 2.77. The smallest absolute Gasteiger partial charge is 0.229 e. The Balaban J connectivity index is 2.10. The van der Waals surface area contributed by atoms with Crippen molar-refractivity contribution in [3.63, 3.8) is 0 Å². The van der Waals surface area contributed by atoms with Crippen LogP contribution in [0.3, 0.4) is 0 Å². The van der Waals surface area contributed by atoms with E-state index in [-0.39, 0.29) is 11.5 Å². The maximum atomic E-state index is 6.11. The average molecular weight is 239 g/mol. The molecule has 2 rings (SSSR count). The highest BCUT2D eigenvalue weighted by molar-refractivity contribution is 5.01. The van der Waals surface area contributed by atoms with Gasteiger partial charge in [0.25, 0.3) is 0 Å². The summed E-state index contributed by atoms with van der Waals surface area (Å²) in [5.74, 6) is 1.65. The fourth-order valence-electron chi connectivity index (χ4n) is 1.87. The lowest BCUT2D eigenvalue weighted by Gasteiger charge is -2.23. The van der Waals surface area contributed by atoms with Crippen LogP contribution in [0.25, 0.3) is 0 Å². The van der Waals surface area contributed by atoms with Gasteiger partial charge in [0.2, 0.25) is 5.89 Å². The Kier molecular flexibility index (Phi) is 3.49. The summed E-state index contributed by atoms with van der Waals surface area (Å²) in [7, 11) is 0. The highest BCUT2D eigenvalue weighted by Crippen LogP contribution is 2.31. The van der Waals surface area contributed by atoms with Gasteiger partial charge < -0.3 is 15.0 Å². The lowest BCUT2D eigenvalue weighted by molar-refractivity contribution is 0.0778. The van der Waals surface area contributed by atoms with E-state index in [1.54, 1.807) is 0 Å². The predicted molar refractivity (Wildman–Crippen MR) is 63.5 cm³/mol. The van der Waals surface area contributed by atoms with E-state index in [0.717, 1.165) is 26.1 Å². The van der Waals surface area contributed by atoms with Crippen molar-refractivity contribution in [2.45, 2.75) is 45.6 Å². The molecule has 1 fully saturated rings. The minimum absolute atomic E-state index is 0.0587. The third-order valence-corrected chi connectivity index (χ3v) is 3.24. The fourth-order valence-corrected chi connectivity index (χ4v) is 1.87. The molecule has 0 saturated carbocycles. The first-order valence-corrected chi connectivity index (χ1v) is 6.15. The van der Waals surface area contributed by atoms with Crippen LogP contribution in [-0.4, -0.2) is 23.4 Å². The van der Waals surface area contributed by atoms with E-state index >= 15 is 0 Å². The van der Waals surface area contributed by atoms with Crippen molar-refractivity contribution in [2.75, 3.05) is 13.2 Å². The second-order valence-electron chi connectivity index (χ2n) is 5.72. The maximum absolute atomic E-state index is 6.11. The van der Waals surface area contributed by atoms with Crippen molar-refractivity contribution in [1.29, 1.82) is 0 Å². The van der Waals surface area contributed by atoms with Gasteiger partial charge in [-0.25, -0.2) is 0 Å². The molecule has 1 aromatic rings. The molecular formula is C12H21N3O2. The lowest BCUT2D eigenvalue weighted by atomic mass is 9.87. The van der Waals surface area contributed by atoms with E-state index in [1.165, 1.54) is 0 Å². The van der Waals surface area contributed by atoms with Crippen LogP contribution < -0.4 is 5.73 Å². The van der Waals surface area contributed by atoms with Crippen molar-refractivity contribution in [2.24, 2.45) is 11.1 Å². The van der Waals surface area contributed by atoms with Gasteiger partial charge in [0.1, 0.15) is 0 Å². The molecule has 1 saturated heterocycles. The first-order chi connectivity index (χ1) is 7.98. The molecule has 0 aliphatic carbocycles. The molecule has 17 heavy (non-hydrogen) atoms. The van der Waals surface area contributed by atoms with Crippen molar-refractivity contribution < 1.29 is 9.26 Å². The molecule has 1 unspecified atom stereocenters. The van der Waals surface area contributed by atoms with Gasteiger partial charge in [-0.1, -0.05) is 25.9 Å². The summed E-state index contributed by atoms with van der Waals surface area (Å²) in [5, 5.41) is 4.01. The number of aromatic nitrogens is 2. The largest absolute Gasteiger partial charge is 0.381 e. The Morgan fingerprint density at radius 2 is 1.94 bits per heavy atom. The highest BCUT2D eigenvalue weighted by atomic mass is 16.5. The van der Waals surface area contributed by atoms with Gasteiger partial charge in [-0.05, 0) is 18.3 Å². The van der Waals surface area contributed by atoms with Gasteiger partial charge in [-0.15, -0.1) is 0 Å². The normalized spacial score (nSPS) is 20.5. The molecule has 1 aliphatic heterocycles. The Bertz CT molecular complexity index is 364. The lowest BCUT2D eigenvalue weighted by Crippen LogP contribution is -2.27. The standard InChI is InChI=1S/C12H21N3O2/c1-12(2,3)9(13)10-14-11(17-15-10)8-4-6-16-7-5-8/h8-9H,4-7,13H2,1-3H3. The molecule has 0 bridgehead atoms. The van der Waals surface area contributed by atoms with Crippen LogP contribution in [0.2, 0.25) is 0 Å². The molecule has 1 aromatic heterocycles. The fraction of sp³-hybridized carbons (Fsp3) is 0.833. The number of ether oxygens (including phenoxy) is 1. The molecule has 0 radical (unpaired) electrons. The SMILES string of the molecule is CC(C)(C)C(N)c1noc(C2CCOCC2)n1. The van der Waals surface area contributed by atoms with Crippen LogP contribution in [0.15, 0.2) is 4.52 Å². The molecule has 0 spiro atoms. The van der Waals surface area contributed by atoms with Crippen LogP contribution in [0.1, 0.15) is 57.3 Å². The minimum Gasteiger partial charge on any atom is -0.381 e. The van der Waals surface area contributed by atoms with Gasteiger partial charge in [-0.3, -0.25) is 0 Å². The summed E-state index contributed by atoms with van der Waals surface area (Å²) in [6.07, 6.45) is 1.90. The number of hydrogen-bond donors (Lipinski definition) is 1. The van der Waals surface area contributed by atoms with Gasteiger partial charge in [-0.2, -0.15) is 4.98 Å². The highest BCUT2D eigenvalue weighted by Gasteiger charge is 2.29. The quantitative estimate of drug-likeness (QED) is 0.854. The Labute approximate surface area is 102 Å². The minimum atomic E-state index is -0.195. The molecular weight excluding hydrogens is 218 g/mol. The summed E-state index contributed by atoms with van der Waals surface area (Å²) in [6.45, 7) is 7.76. The summed E-state index contributed by atoms with van der Waals surface area (Å²) in [4.78, 5) is 4.44. The number of nitrogens with two attached hydrogens (primary N) is 1. The van der Waals surface area contributed by atoms with Crippen LogP contribution >= 0.6 is 0 Å². The molecule has 5 heteroatoms. The van der Waals surface area contributed by atoms with Gasteiger partial charge in [0, 0.05) is 19.1 Å². The molecule has 1 atom stereocenters. The van der Waals surface area contributed by atoms with Crippen LogP contribution in [0, 0.1) is 5.41 Å². The van der Waals surface area contributed by atoms with Crippen LogP contribution in [0.5, 0.6) is 0 Å². The van der Waals surface area contributed by atoms with Gasteiger partial charge >= 0.3 is 0 Å². The van der Waals surface area contributed by atoms with Crippen molar-refractivity contribution in [3.8, 4) is 0 Å². The van der Waals surface area contributed by atoms with Gasteiger partial charge in [0.05, 0.1) is 6.04 Å². The molecule has 5 nitrogen and oxygen atoms in total. The summed E-state index contributed by atoms with van der Waals surface area (Å²) in [5.41, 5.74) is 6.05. The zero-order chi connectivity index (χ0) is 12.5. The topological polar surface area (TPSA) is 74.2 Å². The monoisotopic (exact) mass is 239 g/mol. The predicted octanol–water partition coefficient (Wildman–Crippen LogP) is 2.01. The number of nitrogens with zero attached hydrogens (tertiary/aromatic N) is 2. The van der Waals surface area contributed by atoms with Gasteiger partial charge in [0.15, 0.2) is 5.82 Å². The van der Waals surface area contributed by atoms with Crippen molar-refractivity contribution in [1.82, 2.24) is 10.1 Å². The molecule has 96 valence electrons. The Hall–Kier alpha value is -0.940. The van der Waals surface area contributed by atoms with E-state index in [2.05, 4.69) is 30.9 Å². The van der Waals surface area contributed by atoms with E-state index in [0.29, 0.717) is 17.6 Å². The second kappa shape index (κ2) is 4.74. The van der Waals surface area contributed by atoms with Crippen molar-refractivity contribution >= 4 is 0 Å². The zero-order valence-corrected chi connectivity index (χ0v) is 10.8. The zero-order valence-electron chi connectivity index (χ0n) is 10.8. The van der Waals surface area contributed by atoms with Crippen LogP contribution in [-0.2, 0) is 4.74 Å². The molecule has 1 aliphatic rings. The van der Waals surface area contributed by atoms with E-state index in [9.17, 15) is 0 Å². The summed E-state index contributed by atoms with van der Waals surface area (Å²) >= 11 is 0. The third kappa shape index (κ3) is 2.84. The summed E-state index contributed by atoms with van der Waals surface area (Å²) in [6, 6.07) is -0.195. The molecule has 2 heterocycles. The first-order valence-electron chi connectivity index (χ1n) is 6.15. The number of rotatable bonds is 2. The Morgan fingerprint density at radius 1 is 1.29 bits per heavy atom. The first kappa shape index (κ1) is 12.5. The second-order valence-corrected chi connectivity index (χ2v) is 5.72. The maximum Gasteiger partial charge on any atom is 0.229 e. The molecule has 2 N–H and O–H groups in total. The van der Waals surface area contributed by atoms with E-state index in [1.807, 2.05) is 0 Å². The number of hydrogen-bond acceptors (Lipinski definition) is 5. The summed E-state index contributed by atoms with van der Waals surface area (Å²) < 4.78 is 10.6. The van der Waals surface area contributed by atoms with Crippen molar-refractivity contribution in [3.05, 3.63) is 11.7 Å². The van der Waals surface area contributed by atoms with E-state index < -0.39 is 0 Å².